The van der Waals surface area contributed by atoms with E-state index >= 15 is 0 Å². The van der Waals surface area contributed by atoms with E-state index in [0.29, 0.717) is 6.04 Å². The van der Waals surface area contributed by atoms with Crippen molar-refractivity contribution in [3.63, 3.8) is 0 Å². The number of hydrogen-bond donors (Lipinski definition) is 1. The molecule has 1 unspecified atom stereocenters. The molecule has 3 nitrogen and oxygen atoms in total. The Bertz CT molecular complexity index is 554. The SMILES string of the molecule is CN1CCCC(Nc2nc3cc(Cl)ccc3s2)C1. The second-order valence-electron chi connectivity index (χ2n) is 4.88. The van der Waals surface area contributed by atoms with Gasteiger partial charge in [-0.25, -0.2) is 4.98 Å². The van der Waals surface area contributed by atoms with Crippen molar-refractivity contribution in [1.29, 1.82) is 0 Å². The number of anilines is 1. The summed E-state index contributed by atoms with van der Waals surface area (Å²) in [6.07, 6.45) is 2.48. The van der Waals surface area contributed by atoms with Gasteiger partial charge in [0.15, 0.2) is 5.13 Å². The predicted molar refractivity (Wildman–Crippen MR) is 78.8 cm³/mol. The first-order chi connectivity index (χ1) is 8.70. The molecule has 0 spiro atoms. The van der Waals surface area contributed by atoms with E-state index in [1.165, 1.54) is 24.1 Å². The lowest BCUT2D eigenvalue weighted by Gasteiger charge is -2.29. The fourth-order valence-electron chi connectivity index (χ4n) is 2.42. The topological polar surface area (TPSA) is 28.2 Å². The summed E-state index contributed by atoms with van der Waals surface area (Å²) in [6, 6.07) is 6.39. The zero-order valence-corrected chi connectivity index (χ0v) is 11.9. The predicted octanol–water partition coefficient (Wildman–Crippen LogP) is 3.46. The van der Waals surface area contributed by atoms with Crippen LogP contribution >= 0.6 is 22.9 Å². The molecule has 0 bridgehead atoms. The van der Waals surface area contributed by atoms with Gasteiger partial charge in [0, 0.05) is 17.6 Å². The van der Waals surface area contributed by atoms with Crippen LogP contribution in [-0.4, -0.2) is 36.1 Å². The highest BCUT2D eigenvalue weighted by molar-refractivity contribution is 7.22. The average molecular weight is 282 g/mol. The Kier molecular flexibility index (Phi) is 3.41. The molecule has 0 saturated carbocycles. The number of benzene rings is 1. The van der Waals surface area contributed by atoms with Crippen molar-refractivity contribution in [2.75, 3.05) is 25.5 Å². The van der Waals surface area contributed by atoms with Crippen LogP contribution in [0.15, 0.2) is 18.2 Å². The second-order valence-corrected chi connectivity index (χ2v) is 6.34. The molecule has 0 aliphatic carbocycles. The molecule has 2 heterocycles. The number of nitrogens with one attached hydrogen (secondary N) is 1. The van der Waals surface area contributed by atoms with Crippen LogP contribution in [0.3, 0.4) is 0 Å². The molecule has 1 aliphatic heterocycles. The fraction of sp³-hybridized carbons (Fsp3) is 0.462. The number of halogens is 1. The molecule has 1 aromatic carbocycles. The van der Waals surface area contributed by atoms with E-state index in [2.05, 4.69) is 22.2 Å². The van der Waals surface area contributed by atoms with Gasteiger partial charge in [0.1, 0.15) is 0 Å². The number of likely N-dealkylation sites (N-methyl/N-ethyl adjacent to an activating group) is 1. The van der Waals surface area contributed by atoms with Crippen molar-refractivity contribution in [3.8, 4) is 0 Å². The molecule has 18 heavy (non-hydrogen) atoms. The van der Waals surface area contributed by atoms with Crippen LogP contribution in [-0.2, 0) is 0 Å². The van der Waals surface area contributed by atoms with Gasteiger partial charge in [-0.1, -0.05) is 22.9 Å². The Balaban J connectivity index is 1.78. The van der Waals surface area contributed by atoms with Gasteiger partial charge in [-0.15, -0.1) is 0 Å². The van der Waals surface area contributed by atoms with E-state index in [1.54, 1.807) is 11.3 Å². The van der Waals surface area contributed by atoms with Gasteiger partial charge in [-0.2, -0.15) is 0 Å². The van der Waals surface area contributed by atoms with Gasteiger partial charge < -0.3 is 10.2 Å². The van der Waals surface area contributed by atoms with Gasteiger partial charge >= 0.3 is 0 Å². The average Bonchev–Trinajstić information content (AvgIpc) is 2.70. The third-order valence-electron chi connectivity index (χ3n) is 3.30. The minimum absolute atomic E-state index is 0.514. The fourth-order valence-corrected chi connectivity index (χ4v) is 3.51. The molecule has 2 aromatic rings. The number of piperidine rings is 1. The van der Waals surface area contributed by atoms with Crippen LogP contribution in [0, 0.1) is 0 Å². The van der Waals surface area contributed by atoms with Crippen molar-refractivity contribution >= 4 is 38.3 Å². The second kappa shape index (κ2) is 5.03. The highest BCUT2D eigenvalue weighted by Crippen LogP contribution is 2.29. The maximum Gasteiger partial charge on any atom is 0.184 e. The lowest BCUT2D eigenvalue weighted by Crippen LogP contribution is -2.39. The number of likely N-dealkylation sites (tertiary alicyclic amines) is 1. The van der Waals surface area contributed by atoms with Crippen molar-refractivity contribution < 1.29 is 0 Å². The van der Waals surface area contributed by atoms with Gasteiger partial charge in [0.05, 0.1) is 10.2 Å². The van der Waals surface area contributed by atoms with Gasteiger partial charge in [-0.05, 0) is 44.6 Å². The summed E-state index contributed by atoms with van der Waals surface area (Å²) in [4.78, 5) is 6.96. The summed E-state index contributed by atoms with van der Waals surface area (Å²) in [5.41, 5.74) is 0.985. The molecule has 0 amide bonds. The molecule has 1 N–H and O–H groups in total. The number of rotatable bonds is 2. The maximum atomic E-state index is 5.98. The van der Waals surface area contributed by atoms with Crippen molar-refractivity contribution in [1.82, 2.24) is 9.88 Å². The number of hydrogen-bond acceptors (Lipinski definition) is 4. The maximum absolute atomic E-state index is 5.98. The summed E-state index contributed by atoms with van der Waals surface area (Å²) >= 11 is 7.68. The summed E-state index contributed by atoms with van der Waals surface area (Å²) in [5.74, 6) is 0. The van der Waals surface area contributed by atoms with Crippen LogP contribution in [0.5, 0.6) is 0 Å². The van der Waals surface area contributed by atoms with Crippen molar-refractivity contribution in [2.24, 2.45) is 0 Å². The third kappa shape index (κ3) is 2.60. The molecular formula is C13H16ClN3S. The van der Waals surface area contributed by atoms with Gasteiger partial charge in [-0.3, -0.25) is 0 Å². The molecule has 0 radical (unpaired) electrons. The zero-order chi connectivity index (χ0) is 12.5. The largest absolute Gasteiger partial charge is 0.357 e. The Morgan fingerprint density at radius 1 is 1.50 bits per heavy atom. The Morgan fingerprint density at radius 2 is 2.39 bits per heavy atom. The van der Waals surface area contributed by atoms with Crippen molar-refractivity contribution in [3.05, 3.63) is 23.2 Å². The Hall–Kier alpha value is -0.840. The number of nitrogens with zero attached hydrogens (tertiary/aromatic N) is 2. The van der Waals surface area contributed by atoms with E-state index in [-0.39, 0.29) is 0 Å². The van der Waals surface area contributed by atoms with Crippen LogP contribution in [0.25, 0.3) is 10.2 Å². The van der Waals surface area contributed by atoms with Gasteiger partial charge in [0.25, 0.3) is 0 Å². The molecular weight excluding hydrogens is 266 g/mol. The molecule has 1 fully saturated rings. The summed E-state index contributed by atoms with van der Waals surface area (Å²) < 4.78 is 1.19. The summed E-state index contributed by atoms with van der Waals surface area (Å²) in [7, 11) is 2.17. The first-order valence-electron chi connectivity index (χ1n) is 6.22. The molecule has 3 rings (SSSR count). The molecule has 1 aliphatic rings. The van der Waals surface area contributed by atoms with Crippen molar-refractivity contribution in [2.45, 2.75) is 18.9 Å². The Morgan fingerprint density at radius 3 is 3.22 bits per heavy atom. The molecule has 5 heteroatoms. The van der Waals surface area contributed by atoms with E-state index in [4.69, 9.17) is 11.6 Å². The van der Waals surface area contributed by atoms with E-state index in [9.17, 15) is 0 Å². The third-order valence-corrected chi connectivity index (χ3v) is 4.50. The normalized spacial score (nSPS) is 21.3. The number of thiazole rings is 1. The number of fused-ring (bicyclic) bond motifs is 1. The van der Waals surface area contributed by atoms with Gasteiger partial charge in [0.2, 0.25) is 0 Å². The van der Waals surface area contributed by atoms with Crippen LogP contribution in [0.4, 0.5) is 5.13 Å². The van der Waals surface area contributed by atoms with Crippen LogP contribution < -0.4 is 5.32 Å². The molecule has 1 saturated heterocycles. The summed E-state index contributed by atoms with van der Waals surface area (Å²) in [5, 5.41) is 5.30. The first-order valence-corrected chi connectivity index (χ1v) is 7.41. The van der Waals surface area contributed by atoms with Crippen LogP contribution in [0.2, 0.25) is 5.02 Å². The molecule has 96 valence electrons. The first kappa shape index (κ1) is 12.2. The summed E-state index contributed by atoms with van der Waals surface area (Å²) in [6.45, 7) is 2.30. The minimum atomic E-state index is 0.514. The quantitative estimate of drug-likeness (QED) is 0.914. The minimum Gasteiger partial charge on any atom is -0.357 e. The standard InChI is InChI=1S/C13H16ClN3S/c1-17-6-2-3-10(8-17)15-13-16-11-7-9(14)4-5-12(11)18-13/h4-5,7,10H,2-3,6,8H2,1H3,(H,15,16). The molecule has 1 atom stereocenters. The van der Waals surface area contributed by atoms with E-state index in [0.717, 1.165) is 22.2 Å². The van der Waals surface area contributed by atoms with Crippen LogP contribution in [0.1, 0.15) is 12.8 Å². The van der Waals surface area contributed by atoms with E-state index < -0.39 is 0 Å². The lowest BCUT2D eigenvalue weighted by atomic mass is 10.1. The van der Waals surface area contributed by atoms with E-state index in [1.807, 2.05) is 18.2 Å². The molecule has 1 aromatic heterocycles. The highest BCUT2D eigenvalue weighted by Gasteiger charge is 2.18. The monoisotopic (exact) mass is 281 g/mol. The zero-order valence-electron chi connectivity index (χ0n) is 10.3. The smallest absolute Gasteiger partial charge is 0.184 e. The highest BCUT2D eigenvalue weighted by atomic mass is 35.5. The number of aromatic nitrogens is 1. The Labute approximate surface area is 116 Å². The lowest BCUT2D eigenvalue weighted by molar-refractivity contribution is 0.261.